The van der Waals surface area contributed by atoms with Gasteiger partial charge in [0, 0.05) is 5.69 Å². The third-order valence-electron chi connectivity index (χ3n) is 3.74. The molecule has 3 aromatic rings. The molecule has 0 saturated carbocycles. The van der Waals surface area contributed by atoms with Gasteiger partial charge in [-0.3, -0.25) is 0 Å². The molecule has 0 bridgehead atoms. The third-order valence-corrected chi connectivity index (χ3v) is 3.74. The van der Waals surface area contributed by atoms with Gasteiger partial charge in [0.1, 0.15) is 0 Å². The zero-order valence-electron chi connectivity index (χ0n) is 13.2. The van der Waals surface area contributed by atoms with E-state index >= 15 is 0 Å². The second-order valence-electron chi connectivity index (χ2n) is 5.55. The summed E-state index contributed by atoms with van der Waals surface area (Å²) in [5, 5.41) is 7.25. The van der Waals surface area contributed by atoms with Gasteiger partial charge >= 0.3 is 11.9 Å². The lowest BCUT2D eigenvalue weighted by molar-refractivity contribution is -0.137. The fourth-order valence-electron chi connectivity index (χ4n) is 2.41. The molecule has 0 fully saturated rings. The maximum Gasteiger partial charge on any atom is 0.416 e. The summed E-state index contributed by atoms with van der Waals surface area (Å²) in [7, 11) is 0. The van der Waals surface area contributed by atoms with Gasteiger partial charge in [-0.25, -0.2) is 4.79 Å². The first-order valence-corrected chi connectivity index (χ1v) is 7.31. The van der Waals surface area contributed by atoms with E-state index in [0.29, 0.717) is 5.69 Å². The van der Waals surface area contributed by atoms with Crippen molar-refractivity contribution in [2.75, 3.05) is 5.73 Å². The number of nitrogens with zero attached hydrogens (tertiary/aromatic N) is 4. The van der Waals surface area contributed by atoms with Crippen LogP contribution in [0.1, 0.15) is 16.7 Å². The highest BCUT2D eigenvalue weighted by Gasteiger charge is 2.30. The molecule has 25 heavy (non-hydrogen) atoms. The second-order valence-corrected chi connectivity index (χ2v) is 5.55. The molecule has 0 aliphatic heterocycles. The van der Waals surface area contributed by atoms with Crippen LogP contribution in [0.5, 0.6) is 0 Å². The summed E-state index contributed by atoms with van der Waals surface area (Å²) in [6.07, 6.45) is -4.44. The molecule has 0 amide bonds. The van der Waals surface area contributed by atoms with Gasteiger partial charge in [-0.1, -0.05) is 17.2 Å². The lowest BCUT2D eigenvalue weighted by Gasteiger charge is -2.11. The summed E-state index contributed by atoms with van der Waals surface area (Å²) in [6.45, 7) is 2.07. The molecule has 0 radical (unpaired) electrons. The van der Waals surface area contributed by atoms with Crippen molar-refractivity contribution in [1.29, 1.82) is 0 Å². The molecule has 0 aliphatic carbocycles. The zero-order chi connectivity index (χ0) is 18.2. The Bertz CT molecular complexity index is 957. The highest BCUT2D eigenvalue weighted by atomic mass is 19.4. The Morgan fingerprint density at radius 2 is 1.80 bits per heavy atom. The molecule has 9 heteroatoms. The van der Waals surface area contributed by atoms with Crippen LogP contribution in [0, 0.1) is 6.92 Å². The number of alkyl halides is 3. The van der Waals surface area contributed by atoms with Crippen molar-refractivity contribution in [3.8, 4) is 5.69 Å². The molecule has 0 saturated heterocycles. The van der Waals surface area contributed by atoms with E-state index in [2.05, 4.69) is 10.3 Å². The second kappa shape index (κ2) is 6.08. The topological polar surface area (TPSA) is 78.7 Å². The maximum absolute atomic E-state index is 12.7. The van der Waals surface area contributed by atoms with E-state index in [-0.39, 0.29) is 12.2 Å². The largest absolute Gasteiger partial charge is 0.416 e. The Balaban J connectivity index is 1.97. The SMILES string of the molecule is Cc1cc(Cn2nnc(=O)n2-c2ccc(C(F)(F)F)cc2)ccc1N. The van der Waals surface area contributed by atoms with Crippen LogP contribution in [-0.4, -0.2) is 19.8 Å². The molecule has 0 atom stereocenters. The zero-order valence-corrected chi connectivity index (χ0v) is 13.2. The van der Waals surface area contributed by atoms with Gasteiger partial charge in [0.05, 0.1) is 17.8 Å². The van der Waals surface area contributed by atoms with Gasteiger partial charge in [0.25, 0.3) is 0 Å². The molecular formula is C16H14F3N5O. The standard InChI is InChI=1S/C16H14F3N5O/c1-10-8-11(2-7-14(10)20)9-23-22-21-15(25)24(23)13-5-3-12(4-6-13)16(17,18)19/h2-8H,9,20H2,1H3. The number of rotatable bonds is 3. The lowest BCUT2D eigenvalue weighted by atomic mass is 10.1. The first-order chi connectivity index (χ1) is 11.8. The summed E-state index contributed by atoms with van der Waals surface area (Å²) >= 11 is 0. The van der Waals surface area contributed by atoms with Crippen molar-refractivity contribution < 1.29 is 13.2 Å². The van der Waals surface area contributed by atoms with Gasteiger partial charge in [0.15, 0.2) is 0 Å². The van der Waals surface area contributed by atoms with Crippen LogP contribution in [0.25, 0.3) is 5.69 Å². The maximum atomic E-state index is 12.7. The van der Waals surface area contributed by atoms with Crippen LogP contribution in [0.15, 0.2) is 47.3 Å². The van der Waals surface area contributed by atoms with Crippen molar-refractivity contribution in [1.82, 2.24) is 19.8 Å². The Labute approximate surface area is 140 Å². The van der Waals surface area contributed by atoms with Gasteiger partial charge in [-0.15, -0.1) is 0 Å². The number of aryl methyl sites for hydroxylation is 1. The Morgan fingerprint density at radius 3 is 2.40 bits per heavy atom. The van der Waals surface area contributed by atoms with Gasteiger partial charge < -0.3 is 5.73 Å². The van der Waals surface area contributed by atoms with Crippen LogP contribution in [-0.2, 0) is 12.7 Å². The van der Waals surface area contributed by atoms with Gasteiger partial charge in [0.2, 0.25) is 0 Å². The molecule has 3 rings (SSSR count). The minimum atomic E-state index is -4.44. The lowest BCUT2D eigenvalue weighted by Crippen LogP contribution is -2.23. The normalized spacial score (nSPS) is 11.7. The highest BCUT2D eigenvalue weighted by Crippen LogP contribution is 2.29. The summed E-state index contributed by atoms with van der Waals surface area (Å²) in [5.74, 6) is 0. The third kappa shape index (κ3) is 3.39. The average molecular weight is 349 g/mol. The summed E-state index contributed by atoms with van der Waals surface area (Å²) in [4.78, 5) is 13.2. The van der Waals surface area contributed by atoms with Gasteiger partial charge in [-0.2, -0.15) is 22.6 Å². The summed E-state index contributed by atoms with van der Waals surface area (Å²) in [6, 6.07) is 9.60. The number of tetrazole rings is 1. The van der Waals surface area contributed by atoms with Crippen molar-refractivity contribution in [3.05, 3.63) is 69.6 Å². The van der Waals surface area contributed by atoms with Crippen molar-refractivity contribution in [2.45, 2.75) is 19.6 Å². The Hall–Kier alpha value is -3.10. The number of hydrogen-bond donors (Lipinski definition) is 1. The van der Waals surface area contributed by atoms with E-state index in [4.69, 9.17) is 5.73 Å². The number of halogens is 3. The molecule has 1 aromatic heterocycles. The fraction of sp³-hybridized carbons (Fsp3) is 0.188. The first kappa shape index (κ1) is 16.7. The molecule has 1 heterocycles. The van der Waals surface area contributed by atoms with Crippen LogP contribution in [0.2, 0.25) is 0 Å². The van der Waals surface area contributed by atoms with E-state index in [1.54, 1.807) is 12.1 Å². The molecule has 0 unspecified atom stereocenters. The van der Waals surface area contributed by atoms with E-state index in [1.807, 2.05) is 13.0 Å². The van der Waals surface area contributed by atoms with Crippen LogP contribution >= 0.6 is 0 Å². The smallest absolute Gasteiger partial charge is 0.399 e. The van der Waals surface area contributed by atoms with E-state index in [0.717, 1.165) is 27.9 Å². The molecule has 0 spiro atoms. The molecule has 2 aromatic carbocycles. The molecular weight excluding hydrogens is 335 g/mol. The number of benzene rings is 2. The number of anilines is 1. The van der Waals surface area contributed by atoms with Gasteiger partial charge in [-0.05, 0) is 53.6 Å². The summed E-state index contributed by atoms with van der Waals surface area (Å²) < 4.78 is 39.1. The molecule has 2 N–H and O–H groups in total. The fourth-order valence-corrected chi connectivity index (χ4v) is 2.41. The van der Waals surface area contributed by atoms with Crippen molar-refractivity contribution in [2.24, 2.45) is 0 Å². The molecule has 130 valence electrons. The predicted molar refractivity (Wildman–Crippen MR) is 85.3 cm³/mol. The number of hydrogen-bond acceptors (Lipinski definition) is 4. The molecule has 0 aliphatic rings. The van der Waals surface area contributed by atoms with Crippen molar-refractivity contribution in [3.63, 3.8) is 0 Å². The van der Waals surface area contributed by atoms with Crippen LogP contribution in [0.3, 0.4) is 0 Å². The monoisotopic (exact) mass is 349 g/mol. The van der Waals surface area contributed by atoms with Crippen LogP contribution in [0.4, 0.5) is 18.9 Å². The number of nitrogen functional groups attached to an aromatic ring is 1. The van der Waals surface area contributed by atoms with Crippen LogP contribution < -0.4 is 11.4 Å². The van der Waals surface area contributed by atoms with E-state index < -0.39 is 17.4 Å². The summed E-state index contributed by atoms with van der Waals surface area (Å²) in [5.41, 5.74) is 6.90. The number of aromatic nitrogens is 4. The quantitative estimate of drug-likeness (QED) is 0.737. The highest BCUT2D eigenvalue weighted by molar-refractivity contribution is 5.47. The first-order valence-electron chi connectivity index (χ1n) is 7.31. The minimum Gasteiger partial charge on any atom is -0.399 e. The minimum absolute atomic E-state index is 0.220. The number of nitrogens with two attached hydrogens (primary N) is 1. The molecule has 6 nitrogen and oxygen atoms in total. The van der Waals surface area contributed by atoms with E-state index in [1.165, 1.54) is 16.9 Å². The average Bonchev–Trinajstić information content (AvgIpc) is 2.91. The van der Waals surface area contributed by atoms with E-state index in [9.17, 15) is 18.0 Å². The Morgan fingerprint density at radius 1 is 1.12 bits per heavy atom. The van der Waals surface area contributed by atoms with Crippen molar-refractivity contribution >= 4 is 5.69 Å². The Kier molecular flexibility index (Phi) is 4.07. The predicted octanol–water partition coefficient (Wildman–Crippen LogP) is 2.39.